The number of hydrogen-bond donors (Lipinski definition) is 1. The maximum atomic E-state index is 12.2. The number of ether oxygens (including phenoxy) is 1. The fourth-order valence-corrected chi connectivity index (χ4v) is 3.36. The van der Waals surface area contributed by atoms with Crippen LogP contribution in [0.1, 0.15) is 34.1 Å². The first-order valence-electron chi connectivity index (χ1n) is 8.03. The molecule has 2 amide bonds. The molecule has 8 heteroatoms. The first kappa shape index (κ1) is 19.9. The van der Waals surface area contributed by atoms with Gasteiger partial charge in [-0.2, -0.15) is 0 Å². The zero-order valence-electron chi connectivity index (χ0n) is 14.4. The average Bonchev–Trinajstić information content (AvgIpc) is 2.45. The van der Waals surface area contributed by atoms with Gasteiger partial charge in [-0.1, -0.05) is 13.8 Å². The van der Waals surface area contributed by atoms with Crippen LogP contribution in [0.4, 0.5) is 0 Å². The number of sulfone groups is 1. The van der Waals surface area contributed by atoms with E-state index in [1.54, 1.807) is 13.8 Å². The number of amides is 2. The van der Waals surface area contributed by atoms with Crippen LogP contribution in [0.25, 0.3) is 0 Å². The van der Waals surface area contributed by atoms with Crippen molar-refractivity contribution in [3.63, 3.8) is 0 Å². The van der Waals surface area contributed by atoms with Crippen molar-refractivity contribution < 1.29 is 22.7 Å². The van der Waals surface area contributed by atoms with Crippen LogP contribution >= 0.6 is 0 Å². The molecule has 1 rings (SSSR count). The van der Waals surface area contributed by atoms with Crippen molar-refractivity contribution in [1.29, 1.82) is 0 Å². The van der Waals surface area contributed by atoms with Gasteiger partial charge < -0.3 is 15.0 Å². The van der Waals surface area contributed by atoms with Crippen LogP contribution in [0.3, 0.4) is 0 Å². The minimum absolute atomic E-state index is 0.0197. The zero-order chi connectivity index (χ0) is 17.6. The summed E-state index contributed by atoms with van der Waals surface area (Å²) in [5.74, 6) is -0.134. The predicted molar refractivity (Wildman–Crippen MR) is 87.7 cm³/mol. The van der Waals surface area contributed by atoms with Crippen LogP contribution in [-0.2, 0) is 24.2 Å². The van der Waals surface area contributed by atoms with E-state index in [1.165, 1.54) is 4.90 Å². The number of carbonyl (C=O) groups is 2. The van der Waals surface area contributed by atoms with Crippen LogP contribution in [0.5, 0.6) is 0 Å². The highest BCUT2D eigenvalue weighted by atomic mass is 32.2. The number of carbonyl (C=O) groups excluding carboxylic acids is 2. The maximum absolute atomic E-state index is 12.2. The van der Waals surface area contributed by atoms with E-state index in [0.717, 1.165) is 6.42 Å². The third kappa shape index (κ3) is 6.87. The minimum atomic E-state index is -3.03. The molecule has 0 aromatic heterocycles. The van der Waals surface area contributed by atoms with E-state index in [2.05, 4.69) is 19.2 Å². The lowest BCUT2D eigenvalue weighted by molar-refractivity contribution is -0.139. The monoisotopic (exact) mass is 348 g/mol. The third-order valence-electron chi connectivity index (χ3n) is 3.82. The Labute approximate surface area is 138 Å². The number of rotatable bonds is 7. The molecule has 7 nitrogen and oxygen atoms in total. The van der Waals surface area contributed by atoms with E-state index in [1.807, 2.05) is 0 Å². The first-order valence-corrected chi connectivity index (χ1v) is 9.85. The molecule has 0 saturated carbocycles. The summed E-state index contributed by atoms with van der Waals surface area (Å²) in [6.45, 7) is 8.27. The van der Waals surface area contributed by atoms with E-state index >= 15 is 0 Å². The van der Waals surface area contributed by atoms with Crippen molar-refractivity contribution in [1.82, 2.24) is 10.2 Å². The molecular weight excluding hydrogens is 320 g/mol. The summed E-state index contributed by atoms with van der Waals surface area (Å²) in [5.41, 5.74) is 0. The maximum Gasteiger partial charge on any atom is 0.249 e. The molecule has 0 aliphatic carbocycles. The van der Waals surface area contributed by atoms with Crippen LogP contribution < -0.4 is 5.32 Å². The molecule has 1 fully saturated rings. The lowest BCUT2D eigenvalue weighted by Gasteiger charge is -2.29. The minimum Gasteiger partial charge on any atom is -0.369 e. The molecule has 1 aliphatic rings. The quantitative estimate of drug-likeness (QED) is 0.709. The molecule has 0 bridgehead atoms. The molecule has 2 atom stereocenters. The fraction of sp³-hybridized carbons (Fsp3) is 0.867. The summed E-state index contributed by atoms with van der Waals surface area (Å²) in [5, 5.41) is 2.63. The Hall–Kier alpha value is -1.15. The molecule has 1 N–H and O–H groups in total. The van der Waals surface area contributed by atoms with Gasteiger partial charge in [0.05, 0.1) is 11.5 Å². The molecule has 0 aromatic rings. The van der Waals surface area contributed by atoms with Crippen molar-refractivity contribution in [2.45, 2.75) is 46.3 Å². The first-order chi connectivity index (χ1) is 10.6. The molecule has 1 saturated heterocycles. The van der Waals surface area contributed by atoms with Crippen LogP contribution in [0, 0.1) is 5.92 Å². The topological polar surface area (TPSA) is 92.8 Å². The van der Waals surface area contributed by atoms with Gasteiger partial charge in [0.1, 0.15) is 12.1 Å². The van der Waals surface area contributed by atoms with Gasteiger partial charge in [0.2, 0.25) is 11.8 Å². The Bertz CT molecular complexity index is 504. The molecule has 23 heavy (non-hydrogen) atoms. The molecule has 0 aromatic carbocycles. The van der Waals surface area contributed by atoms with Crippen molar-refractivity contribution in [2.75, 3.05) is 31.2 Å². The summed E-state index contributed by atoms with van der Waals surface area (Å²) in [6.07, 6.45) is 0.250. The summed E-state index contributed by atoms with van der Waals surface area (Å²) in [7, 11) is -3.03. The van der Waals surface area contributed by atoms with Gasteiger partial charge in [0.15, 0.2) is 9.84 Å². The molecule has 1 heterocycles. The molecule has 2 unspecified atom stereocenters. The summed E-state index contributed by atoms with van der Waals surface area (Å²) < 4.78 is 28.2. The summed E-state index contributed by atoms with van der Waals surface area (Å²) in [4.78, 5) is 25.7. The molecule has 134 valence electrons. The number of nitrogens with zero attached hydrogens (tertiary/aromatic N) is 1. The van der Waals surface area contributed by atoms with E-state index in [-0.39, 0.29) is 36.4 Å². The summed E-state index contributed by atoms with van der Waals surface area (Å²) in [6, 6.07) is -0.695. The van der Waals surface area contributed by atoms with E-state index in [9.17, 15) is 18.0 Å². The number of hydrogen-bond acceptors (Lipinski definition) is 5. The second-order valence-corrected chi connectivity index (χ2v) is 8.71. The van der Waals surface area contributed by atoms with Crippen LogP contribution in [0.15, 0.2) is 0 Å². The van der Waals surface area contributed by atoms with Gasteiger partial charge in [0, 0.05) is 19.7 Å². The molecule has 1 aliphatic heterocycles. The Kier molecular flexibility index (Phi) is 7.47. The highest BCUT2D eigenvalue weighted by Gasteiger charge is 2.29. The normalized spacial score (nSPS) is 20.1. The van der Waals surface area contributed by atoms with Crippen LogP contribution in [-0.4, -0.2) is 68.5 Å². The zero-order valence-corrected chi connectivity index (χ0v) is 15.2. The van der Waals surface area contributed by atoms with Crippen LogP contribution in [0.2, 0.25) is 0 Å². The lowest BCUT2D eigenvalue weighted by atomic mass is 10.1. The summed E-state index contributed by atoms with van der Waals surface area (Å²) >= 11 is 0. The lowest BCUT2D eigenvalue weighted by Crippen LogP contribution is -2.53. The molecular formula is C15H28N2O5S. The SMILES string of the molecule is CC(C)CCOC(C)C(=O)NC(C)C(=O)N1CCS(=O)(=O)CC1. The molecule has 0 spiro atoms. The van der Waals surface area contributed by atoms with Gasteiger partial charge in [-0.15, -0.1) is 0 Å². The van der Waals surface area contributed by atoms with Crippen molar-refractivity contribution in [3.05, 3.63) is 0 Å². The van der Waals surface area contributed by atoms with E-state index in [4.69, 9.17) is 4.74 Å². The highest BCUT2D eigenvalue weighted by molar-refractivity contribution is 7.91. The van der Waals surface area contributed by atoms with Gasteiger partial charge in [-0.05, 0) is 26.2 Å². The van der Waals surface area contributed by atoms with Gasteiger partial charge >= 0.3 is 0 Å². The fourth-order valence-electron chi connectivity index (χ4n) is 2.16. The Morgan fingerprint density at radius 1 is 1.13 bits per heavy atom. The van der Waals surface area contributed by atoms with Crippen molar-refractivity contribution in [3.8, 4) is 0 Å². The van der Waals surface area contributed by atoms with E-state index in [0.29, 0.717) is 12.5 Å². The van der Waals surface area contributed by atoms with Crippen molar-refractivity contribution >= 4 is 21.7 Å². The third-order valence-corrected chi connectivity index (χ3v) is 5.43. The molecule has 0 radical (unpaired) electrons. The van der Waals surface area contributed by atoms with Gasteiger partial charge in [-0.25, -0.2) is 8.42 Å². The predicted octanol–water partition coefficient (Wildman–Crippen LogP) is 0.199. The second kappa shape index (κ2) is 8.63. The Morgan fingerprint density at radius 3 is 2.22 bits per heavy atom. The Morgan fingerprint density at radius 2 is 1.70 bits per heavy atom. The van der Waals surface area contributed by atoms with Gasteiger partial charge in [0.25, 0.3) is 0 Å². The smallest absolute Gasteiger partial charge is 0.249 e. The Balaban J connectivity index is 2.40. The van der Waals surface area contributed by atoms with E-state index < -0.39 is 22.0 Å². The van der Waals surface area contributed by atoms with Crippen molar-refractivity contribution in [2.24, 2.45) is 5.92 Å². The standard InChI is InChI=1S/C15H28N2O5S/c1-11(2)5-8-22-13(4)14(18)16-12(3)15(19)17-6-9-23(20,21)10-7-17/h11-13H,5-10H2,1-4H3,(H,16,18). The average molecular weight is 348 g/mol. The van der Waals surface area contributed by atoms with Gasteiger partial charge in [-0.3, -0.25) is 9.59 Å². The largest absolute Gasteiger partial charge is 0.369 e. The number of nitrogens with one attached hydrogen (secondary N) is 1. The second-order valence-electron chi connectivity index (χ2n) is 6.40. The highest BCUT2D eigenvalue weighted by Crippen LogP contribution is 2.06.